The van der Waals surface area contributed by atoms with Gasteiger partial charge >= 0.3 is 5.97 Å². The highest BCUT2D eigenvalue weighted by Crippen LogP contribution is 2.30. The van der Waals surface area contributed by atoms with Gasteiger partial charge in [0.05, 0.1) is 18.8 Å². The second kappa shape index (κ2) is 6.09. The quantitative estimate of drug-likeness (QED) is 0.620. The minimum atomic E-state index is -0.383. The number of hydrogen-bond acceptors (Lipinski definition) is 5. The van der Waals surface area contributed by atoms with Gasteiger partial charge in [0, 0.05) is 6.20 Å². The van der Waals surface area contributed by atoms with Gasteiger partial charge in [-0.15, -0.1) is 11.8 Å². The van der Waals surface area contributed by atoms with Crippen LogP contribution in [0.1, 0.15) is 36.0 Å². The Kier molecular flexibility index (Phi) is 4.47. The van der Waals surface area contributed by atoms with Crippen molar-refractivity contribution in [3.8, 4) is 5.75 Å². The molecule has 1 fully saturated rings. The molecule has 0 amide bonds. The molecule has 0 N–H and O–H groups in total. The first-order valence-electron chi connectivity index (χ1n) is 6.03. The summed E-state index contributed by atoms with van der Waals surface area (Å²) in [6.45, 7) is 0. The van der Waals surface area contributed by atoms with Crippen molar-refractivity contribution in [2.45, 2.75) is 36.8 Å². The van der Waals surface area contributed by atoms with E-state index in [0.29, 0.717) is 11.3 Å². The Bertz CT molecular complexity index is 430. The van der Waals surface area contributed by atoms with Crippen LogP contribution in [-0.2, 0) is 4.74 Å². The molecule has 0 unspecified atom stereocenters. The summed E-state index contributed by atoms with van der Waals surface area (Å²) in [6.07, 6.45) is 8.31. The molecule has 4 nitrogen and oxygen atoms in total. The van der Waals surface area contributed by atoms with Gasteiger partial charge in [-0.2, -0.15) is 0 Å². The maximum atomic E-state index is 11.5. The summed E-state index contributed by atoms with van der Waals surface area (Å²) in [5.74, 6) is 0.309. The van der Waals surface area contributed by atoms with Crippen LogP contribution in [0.15, 0.2) is 17.3 Å². The van der Waals surface area contributed by atoms with Gasteiger partial charge in [-0.25, -0.2) is 9.78 Å². The summed E-state index contributed by atoms with van der Waals surface area (Å²) in [5.41, 5.74) is 0.434. The van der Waals surface area contributed by atoms with Gasteiger partial charge in [-0.05, 0) is 38.0 Å². The summed E-state index contributed by atoms with van der Waals surface area (Å²) >= 11 is 1.52. The maximum Gasteiger partial charge on any atom is 0.339 e. The fourth-order valence-corrected chi connectivity index (χ4v) is 2.55. The summed E-state index contributed by atoms with van der Waals surface area (Å²) < 4.78 is 10.6. The summed E-state index contributed by atoms with van der Waals surface area (Å²) in [5, 5.41) is 0.814. The Morgan fingerprint density at radius 1 is 1.44 bits per heavy atom. The molecule has 2 rings (SSSR count). The Morgan fingerprint density at radius 2 is 2.17 bits per heavy atom. The van der Waals surface area contributed by atoms with Crippen LogP contribution in [0.2, 0.25) is 0 Å². The van der Waals surface area contributed by atoms with Crippen molar-refractivity contribution in [3.63, 3.8) is 0 Å². The van der Waals surface area contributed by atoms with E-state index in [0.717, 1.165) is 17.9 Å². The average molecular weight is 267 g/mol. The molecule has 0 bridgehead atoms. The molecule has 98 valence electrons. The number of rotatable bonds is 4. The lowest BCUT2D eigenvalue weighted by atomic mass is 10.2. The first-order chi connectivity index (χ1) is 8.74. The summed E-state index contributed by atoms with van der Waals surface area (Å²) in [6, 6.07) is 1.73. The number of methoxy groups -OCH3 is 1. The monoisotopic (exact) mass is 267 g/mol. The first-order valence-corrected chi connectivity index (χ1v) is 7.26. The number of hydrogen-bond donors (Lipinski definition) is 0. The van der Waals surface area contributed by atoms with E-state index in [1.54, 1.807) is 6.07 Å². The fraction of sp³-hybridized carbons (Fsp3) is 0.538. The molecule has 0 radical (unpaired) electrons. The highest BCUT2D eigenvalue weighted by molar-refractivity contribution is 7.98. The van der Waals surface area contributed by atoms with E-state index in [4.69, 9.17) is 9.47 Å². The van der Waals surface area contributed by atoms with Crippen LogP contribution in [0.4, 0.5) is 0 Å². The van der Waals surface area contributed by atoms with Gasteiger partial charge in [0.1, 0.15) is 5.03 Å². The fourth-order valence-electron chi connectivity index (χ4n) is 2.09. The topological polar surface area (TPSA) is 48.4 Å². The van der Waals surface area contributed by atoms with E-state index in [1.165, 1.54) is 37.9 Å². The number of ether oxygens (including phenoxy) is 2. The van der Waals surface area contributed by atoms with Crippen LogP contribution in [-0.4, -0.2) is 30.4 Å². The Morgan fingerprint density at radius 3 is 2.78 bits per heavy atom. The number of nitrogens with zero attached hydrogens (tertiary/aromatic N) is 1. The molecule has 1 aromatic rings. The number of thioether (sulfide) groups is 1. The van der Waals surface area contributed by atoms with Crippen molar-refractivity contribution in [1.82, 2.24) is 4.98 Å². The van der Waals surface area contributed by atoms with Gasteiger partial charge in [0.25, 0.3) is 0 Å². The Hall–Kier alpha value is -1.23. The van der Waals surface area contributed by atoms with Gasteiger partial charge in [0.15, 0.2) is 5.75 Å². The van der Waals surface area contributed by atoms with Gasteiger partial charge in [-0.1, -0.05) is 0 Å². The number of carbonyl (C=O) groups excluding carboxylic acids is 1. The van der Waals surface area contributed by atoms with Crippen molar-refractivity contribution >= 4 is 17.7 Å². The molecule has 1 aliphatic carbocycles. The number of aromatic nitrogens is 1. The number of esters is 1. The molecule has 1 heterocycles. The second-order valence-corrected chi connectivity index (χ2v) is 5.04. The standard InChI is InChI=1S/C13H17NO3S/c1-16-13(15)9-7-11(12(18-2)14-8-9)17-10-5-3-4-6-10/h7-8,10H,3-6H2,1-2H3. The van der Waals surface area contributed by atoms with Crippen molar-refractivity contribution < 1.29 is 14.3 Å². The molecule has 1 aliphatic rings. The Balaban J connectivity index is 2.21. The molecular weight excluding hydrogens is 250 g/mol. The van der Waals surface area contributed by atoms with E-state index in [2.05, 4.69) is 4.98 Å². The van der Waals surface area contributed by atoms with Crippen LogP contribution in [0.5, 0.6) is 5.75 Å². The maximum absolute atomic E-state index is 11.5. The zero-order valence-electron chi connectivity index (χ0n) is 10.6. The number of carbonyl (C=O) groups is 1. The number of pyridine rings is 1. The molecule has 0 aliphatic heterocycles. The zero-order valence-corrected chi connectivity index (χ0v) is 11.5. The van der Waals surface area contributed by atoms with Crippen LogP contribution in [0.3, 0.4) is 0 Å². The molecule has 1 saturated carbocycles. The highest BCUT2D eigenvalue weighted by Gasteiger charge is 2.19. The van der Waals surface area contributed by atoms with E-state index in [1.807, 2.05) is 6.26 Å². The van der Waals surface area contributed by atoms with Crippen molar-refractivity contribution in [2.75, 3.05) is 13.4 Å². The van der Waals surface area contributed by atoms with Gasteiger partial charge in [-0.3, -0.25) is 0 Å². The smallest absolute Gasteiger partial charge is 0.339 e. The first kappa shape index (κ1) is 13.2. The van der Waals surface area contributed by atoms with E-state index in [-0.39, 0.29) is 12.1 Å². The molecule has 0 atom stereocenters. The molecule has 0 aromatic carbocycles. The van der Waals surface area contributed by atoms with Crippen LogP contribution < -0.4 is 4.74 Å². The molecule has 5 heteroatoms. The lowest BCUT2D eigenvalue weighted by Gasteiger charge is -2.15. The van der Waals surface area contributed by atoms with Crippen molar-refractivity contribution in [2.24, 2.45) is 0 Å². The largest absolute Gasteiger partial charge is 0.488 e. The lowest BCUT2D eigenvalue weighted by Crippen LogP contribution is -2.13. The van der Waals surface area contributed by atoms with Crippen molar-refractivity contribution in [1.29, 1.82) is 0 Å². The third-order valence-electron chi connectivity index (χ3n) is 3.03. The van der Waals surface area contributed by atoms with E-state index in [9.17, 15) is 4.79 Å². The van der Waals surface area contributed by atoms with Crippen LogP contribution >= 0.6 is 11.8 Å². The van der Waals surface area contributed by atoms with Gasteiger partial charge in [0.2, 0.25) is 0 Å². The minimum absolute atomic E-state index is 0.255. The SMILES string of the molecule is COC(=O)c1cnc(SC)c(OC2CCCC2)c1. The lowest BCUT2D eigenvalue weighted by molar-refractivity contribution is 0.0599. The third-order valence-corrected chi connectivity index (χ3v) is 3.72. The summed E-state index contributed by atoms with van der Waals surface area (Å²) in [7, 11) is 1.36. The molecule has 0 spiro atoms. The van der Waals surface area contributed by atoms with Crippen molar-refractivity contribution in [3.05, 3.63) is 17.8 Å². The summed E-state index contributed by atoms with van der Waals surface area (Å²) in [4.78, 5) is 15.7. The van der Waals surface area contributed by atoms with Crippen LogP contribution in [0.25, 0.3) is 0 Å². The van der Waals surface area contributed by atoms with E-state index >= 15 is 0 Å². The molecular formula is C13H17NO3S. The minimum Gasteiger partial charge on any atom is -0.488 e. The predicted molar refractivity (Wildman–Crippen MR) is 70.2 cm³/mol. The molecule has 18 heavy (non-hydrogen) atoms. The molecule has 0 saturated heterocycles. The van der Waals surface area contributed by atoms with Gasteiger partial charge < -0.3 is 9.47 Å². The predicted octanol–water partition coefficient (Wildman–Crippen LogP) is 2.91. The Labute approximate surface area is 111 Å². The zero-order chi connectivity index (χ0) is 13.0. The molecule has 1 aromatic heterocycles. The highest BCUT2D eigenvalue weighted by atomic mass is 32.2. The third kappa shape index (κ3) is 2.96. The second-order valence-electron chi connectivity index (χ2n) is 4.25. The van der Waals surface area contributed by atoms with Crippen LogP contribution in [0, 0.1) is 0 Å². The van der Waals surface area contributed by atoms with E-state index < -0.39 is 0 Å². The average Bonchev–Trinajstić information content (AvgIpc) is 2.90. The normalized spacial score (nSPS) is 15.7.